The van der Waals surface area contributed by atoms with Crippen molar-refractivity contribution in [2.24, 2.45) is 5.41 Å². The highest BCUT2D eigenvalue weighted by Crippen LogP contribution is 2.29. The second kappa shape index (κ2) is 5.35. The molecule has 0 radical (unpaired) electrons. The Balaban J connectivity index is 2.66. The van der Waals surface area contributed by atoms with Crippen molar-refractivity contribution in [2.45, 2.75) is 40.2 Å². The second-order valence-corrected chi connectivity index (χ2v) is 5.28. The summed E-state index contributed by atoms with van der Waals surface area (Å²) in [5.74, 6) is 0.856. The van der Waals surface area contributed by atoms with Crippen LogP contribution in [-0.2, 0) is 0 Å². The minimum atomic E-state index is -0.393. The van der Waals surface area contributed by atoms with Gasteiger partial charge in [0.2, 0.25) is 0 Å². The molecule has 0 saturated carbocycles. The third-order valence-electron chi connectivity index (χ3n) is 2.38. The van der Waals surface area contributed by atoms with E-state index >= 15 is 0 Å². The molecule has 1 rings (SSSR count). The lowest BCUT2D eigenvalue weighted by atomic mass is 9.87. The Morgan fingerprint density at radius 2 is 1.75 bits per heavy atom. The van der Waals surface area contributed by atoms with Crippen LogP contribution in [0.1, 0.15) is 45.8 Å². The average Bonchev–Trinajstić information content (AvgIpc) is 2.16. The zero-order valence-electron chi connectivity index (χ0n) is 10.7. The second-order valence-electron chi connectivity index (χ2n) is 5.28. The lowest BCUT2D eigenvalue weighted by molar-refractivity contribution is 0.122. The Morgan fingerprint density at radius 1 is 1.19 bits per heavy atom. The van der Waals surface area contributed by atoms with E-state index in [1.165, 1.54) is 0 Å². The van der Waals surface area contributed by atoms with Gasteiger partial charge in [-0.15, -0.1) is 0 Å². The maximum absolute atomic E-state index is 10.0. The molecule has 0 amide bonds. The number of aliphatic hydroxyl groups is 1. The largest absolute Gasteiger partial charge is 0.494 e. The third kappa shape index (κ3) is 4.23. The number of aliphatic hydroxyl groups excluding tert-OH is 1. The fraction of sp³-hybridized carbons (Fsp3) is 0.571. The van der Waals surface area contributed by atoms with Gasteiger partial charge in [-0.2, -0.15) is 0 Å². The van der Waals surface area contributed by atoms with Crippen molar-refractivity contribution < 1.29 is 9.84 Å². The van der Waals surface area contributed by atoms with Gasteiger partial charge in [-0.25, -0.2) is 0 Å². The van der Waals surface area contributed by atoms with Crippen LogP contribution in [0.5, 0.6) is 5.75 Å². The zero-order valence-corrected chi connectivity index (χ0v) is 10.7. The highest BCUT2D eigenvalue weighted by molar-refractivity contribution is 5.28. The molecule has 0 aliphatic rings. The molecule has 0 heterocycles. The predicted octanol–water partition coefficient (Wildman–Crippen LogP) is 3.55. The quantitative estimate of drug-likeness (QED) is 0.844. The number of hydrogen-bond acceptors (Lipinski definition) is 2. The van der Waals surface area contributed by atoms with Crippen LogP contribution in [0.15, 0.2) is 24.3 Å². The summed E-state index contributed by atoms with van der Waals surface area (Å²) >= 11 is 0. The third-order valence-corrected chi connectivity index (χ3v) is 2.38. The van der Waals surface area contributed by atoms with Crippen LogP contribution < -0.4 is 4.74 Å². The Hall–Kier alpha value is -1.02. The van der Waals surface area contributed by atoms with Gasteiger partial charge in [0.25, 0.3) is 0 Å². The lowest BCUT2D eigenvalue weighted by Crippen LogP contribution is -2.11. The van der Waals surface area contributed by atoms with E-state index in [1.807, 2.05) is 31.2 Å². The van der Waals surface area contributed by atoms with E-state index in [1.54, 1.807) is 0 Å². The SMILES string of the molecule is CCOc1ccc(C(O)CC(C)(C)C)cc1. The minimum absolute atomic E-state index is 0.137. The van der Waals surface area contributed by atoms with E-state index in [2.05, 4.69) is 20.8 Å². The molecule has 0 aromatic heterocycles. The number of hydrogen-bond donors (Lipinski definition) is 1. The van der Waals surface area contributed by atoms with E-state index < -0.39 is 6.10 Å². The average molecular weight is 222 g/mol. The van der Waals surface area contributed by atoms with Crippen molar-refractivity contribution in [1.82, 2.24) is 0 Å². The van der Waals surface area contributed by atoms with Gasteiger partial charge in [-0.3, -0.25) is 0 Å². The van der Waals surface area contributed by atoms with Crippen molar-refractivity contribution in [1.29, 1.82) is 0 Å². The molecule has 16 heavy (non-hydrogen) atoms. The molecule has 1 unspecified atom stereocenters. The van der Waals surface area contributed by atoms with Gasteiger partial charge in [0.1, 0.15) is 5.75 Å². The molecule has 2 nitrogen and oxygen atoms in total. The molecule has 0 saturated heterocycles. The van der Waals surface area contributed by atoms with Gasteiger partial charge in [0.15, 0.2) is 0 Å². The highest BCUT2D eigenvalue weighted by Gasteiger charge is 2.17. The number of ether oxygens (including phenoxy) is 1. The van der Waals surface area contributed by atoms with E-state index in [0.29, 0.717) is 6.61 Å². The summed E-state index contributed by atoms with van der Waals surface area (Å²) in [5.41, 5.74) is 1.09. The summed E-state index contributed by atoms with van der Waals surface area (Å²) in [6.45, 7) is 9.02. The summed E-state index contributed by atoms with van der Waals surface area (Å²) in [6, 6.07) is 7.68. The molecule has 0 bridgehead atoms. The Morgan fingerprint density at radius 3 is 2.19 bits per heavy atom. The summed E-state index contributed by atoms with van der Waals surface area (Å²) in [6.07, 6.45) is 0.372. The Bertz CT molecular complexity index is 309. The normalized spacial score (nSPS) is 13.6. The van der Waals surface area contributed by atoms with Gasteiger partial charge in [0.05, 0.1) is 12.7 Å². The van der Waals surface area contributed by atoms with Crippen LogP contribution >= 0.6 is 0 Å². The zero-order chi connectivity index (χ0) is 12.2. The lowest BCUT2D eigenvalue weighted by Gasteiger charge is -2.22. The number of benzene rings is 1. The Kier molecular flexibility index (Phi) is 4.36. The summed E-state index contributed by atoms with van der Waals surface area (Å²) in [7, 11) is 0. The molecule has 0 spiro atoms. The van der Waals surface area contributed by atoms with Crippen molar-refractivity contribution >= 4 is 0 Å². The first-order valence-corrected chi connectivity index (χ1v) is 5.83. The molecular weight excluding hydrogens is 200 g/mol. The van der Waals surface area contributed by atoms with Crippen LogP contribution in [0.25, 0.3) is 0 Å². The van der Waals surface area contributed by atoms with Gasteiger partial charge >= 0.3 is 0 Å². The molecular formula is C14H22O2. The van der Waals surface area contributed by atoms with Gasteiger partial charge in [0, 0.05) is 0 Å². The molecule has 90 valence electrons. The minimum Gasteiger partial charge on any atom is -0.494 e. The van der Waals surface area contributed by atoms with E-state index in [-0.39, 0.29) is 5.41 Å². The van der Waals surface area contributed by atoms with Crippen LogP contribution in [-0.4, -0.2) is 11.7 Å². The van der Waals surface area contributed by atoms with Crippen molar-refractivity contribution in [3.05, 3.63) is 29.8 Å². The van der Waals surface area contributed by atoms with Gasteiger partial charge < -0.3 is 9.84 Å². The Labute approximate surface area is 98.3 Å². The van der Waals surface area contributed by atoms with E-state index in [0.717, 1.165) is 17.7 Å². The molecule has 1 aromatic carbocycles. The first kappa shape index (κ1) is 13.0. The van der Waals surface area contributed by atoms with Crippen LogP contribution in [0, 0.1) is 5.41 Å². The smallest absolute Gasteiger partial charge is 0.119 e. The fourth-order valence-electron chi connectivity index (χ4n) is 1.65. The maximum Gasteiger partial charge on any atom is 0.119 e. The van der Waals surface area contributed by atoms with E-state index in [4.69, 9.17) is 4.74 Å². The molecule has 2 heteroatoms. The molecule has 0 fully saturated rings. The van der Waals surface area contributed by atoms with Crippen molar-refractivity contribution in [3.63, 3.8) is 0 Å². The predicted molar refractivity (Wildman–Crippen MR) is 66.6 cm³/mol. The molecule has 0 aliphatic carbocycles. The van der Waals surface area contributed by atoms with Crippen molar-refractivity contribution in [3.8, 4) is 5.75 Å². The van der Waals surface area contributed by atoms with Crippen molar-refractivity contribution in [2.75, 3.05) is 6.61 Å². The summed E-state index contributed by atoms with van der Waals surface area (Å²) in [4.78, 5) is 0. The van der Waals surface area contributed by atoms with Crippen LogP contribution in [0.3, 0.4) is 0 Å². The first-order chi connectivity index (χ1) is 7.42. The van der Waals surface area contributed by atoms with E-state index in [9.17, 15) is 5.11 Å². The van der Waals surface area contributed by atoms with Crippen LogP contribution in [0.4, 0.5) is 0 Å². The molecule has 1 aromatic rings. The molecule has 1 N–H and O–H groups in total. The van der Waals surface area contributed by atoms with Crippen LogP contribution in [0.2, 0.25) is 0 Å². The topological polar surface area (TPSA) is 29.5 Å². The van der Waals surface area contributed by atoms with Gasteiger partial charge in [-0.1, -0.05) is 32.9 Å². The fourth-order valence-corrected chi connectivity index (χ4v) is 1.65. The summed E-state index contributed by atoms with van der Waals surface area (Å²) in [5, 5.41) is 10.0. The molecule has 1 atom stereocenters. The molecule has 0 aliphatic heterocycles. The monoisotopic (exact) mass is 222 g/mol. The first-order valence-electron chi connectivity index (χ1n) is 5.83. The highest BCUT2D eigenvalue weighted by atomic mass is 16.5. The summed E-state index contributed by atoms with van der Waals surface area (Å²) < 4.78 is 5.36. The van der Waals surface area contributed by atoms with Gasteiger partial charge in [-0.05, 0) is 36.5 Å². The number of rotatable bonds is 4. The maximum atomic E-state index is 10.0. The standard InChI is InChI=1S/C14H22O2/c1-5-16-12-8-6-11(7-9-12)13(15)10-14(2,3)4/h6-9,13,15H,5,10H2,1-4H3.